The second-order valence-corrected chi connectivity index (χ2v) is 18.3. The Morgan fingerprint density at radius 2 is 1.77 bits per heavy atom. The van der Waals surface area contributed by atoms with Gasteiger partial charge in [-0.2, -0.15) is 5.10 Å². The van der Waals surface area contributed by atoms with E-state index in [-0.39, 0.29) is 41.6 Å². The Kier molecular flexibility index (Phi) is 14.5. The van der Waals surface area contributed by atoms with Crippen molar-refractivity contribution in [2.24, 2.45) is 18.9 Å². The van der Waals surface area contributed by atoms with Gasteiger partial charge in [0.15, 0.2) is 5.69 Å². The molecule has 5 heterocycles. The van der Waals surface area contributed by atoms with Crippen molar-refractivity contribution < 1.29 is 28.3 Å². The number of hydrogen-bond donors (Lipinski definition) is 2. The molecule has 5 aromatic rings. The highest BCUT2D eigenvalue weighted by Gasteiger charge is 2.32. The number of fused-ring (bicyclic) bond motifs is 1. The molecular weight excluding hydrogens is 815 g/mol. The van der Waals surface area contributed by atoms with Crippen LogP contribution in [-0.2, 0) is 39.0 Å². The molecule has 0 spiro atoms. The molecule has 1 aliphatic heterocycles. The number of anilines is 1. The number of aryl methyl sites for hydroxylation is 3. The van der Waals surface area contributed by atoms with Crippen molar-refractivity contribution in [2.75, 3.05) is 51.9 Å². The van der Waals surface area contributed by atoms with Gasteiger partial charge in [-0.3, -0.25) is 38.5 Å². The SMILES string of the molecule is CC(C)c1nn(C2CCC(CN(C)CCOCCOCCCc3cccc4c3n(C)c(=O)n4C3CCC(=O)NC3=O)CC2)cc1NC(=O)c1coc(-c2ccnc(CCC3CC3)c2)n1. The number of imidazole rings is 1. The Hall–Kier alpha value is -5.45. The summed E-state index contributed by atoms with van der Waals surface area (Å²) < 4.78 is 22.7. The third-order valence-electron chi connectivity index (χ3n) is 13.1. The molecule has 1 unspecified atom stereocenters. The van der Waals surface area contributed by atoms with Gasteiger partial charge in [-0.25, -0.2) is 9.78 Å². The molecule has 16 heteroatoms. The number of likely N-dealkylation sites (N-methyl/N-ethyl adjacent to an activating group) is 1. The quantitative estimate of drug-likeness (QED) is 0.0598. The maximum absolute atomic E-state index is 13.4. The predicted molar refractivity (Wildman–Crippen MR) is 242 cm³/mol. The molecule has 3 fully saturated rings. The van der Waals surface area contributed by atoms with Gasteiger partial charge in [0.2, 0.25) is 17.7 Å². The third-order valence-corrected chi connectivity index (χ3v) is 13.1. The first kappa shape index (κ1) is 45.1. The zero-order chi connectivity index (χ0) is 44.7. The minimum atomic E-state index is -0.699. The summed E-state index contributed by atoms with van der Waals surface area (Å²) in [5.41, 5.74) is 5.91. The van der Waals surface area contributed by atoms with Gasteiger partial charge in [0.1, 0.15) is 12.3 Å². The van der Waals surface area contributed by atoms with E-state index in [1.54, 1.807) is 17.8 Å². The van der Waals surface area contributed by atoms with Crippen LogP contribution in [0, 0.1) is 11.8 Å². The van der Waals surface area contributed by atoms with Gasteiger partial charge >= 0.3 is 5.69 Å². The number of piperidine rings is 1. The van der Waals surface area contributed by atoms with Crippen molar-refractivity contribution in [3.05, 3.63) is 82.1 Å². The molecule has 1 aromatic carbocycles. The Labute approximate surface area is 374 Å². The first-order valence-electron chi connectivity index (χ1n) is 23.2. The third kappa shape index (κ3) is 10.9. The maximum Gasteiger partial charge on any atom is 0.329 e. The molecule has 3 amide bonds. The minimum Gasteiger partial charge on any atom is -0.444 e. The lowest BCUT2D eigenvalue weighted by atomic mass is 9.86. The monoisotopic (exact) mass is 877 g/mol. The molecule has 3 aliphatic rings. The molecule has 2 N–H and O–H groups in total. The molecule has 64 heavy (non-hydrogen) atoms. The second-order valence-electron chi connectivity index (χ2n) is 18.3. The number of oxazole rings is 1. The van der Waals surface area contributed by atoms with Crippen LogP contribution >= 0.6 is 0 Å². The van der Waals surface area contributed by atoms with Crippen LogP contribution in [0.3, 0.4) is 0 Å². The molecular formula is C48H63N9O7. The highest BCUT2D eigenvalue weighted by molar-refractivity contribution is 6.03. The number of pyridine rings is 1. The number of aromatic nitrogens is 6. The smallest absolute Gasteiger partial charge is 0.329 e. The molecule has 0 radical (unpaired) electrons. The standard InChI is InChI=1S/C48H63N9O7/c1-31(2)43-38(50-45(59)39-30-64-47(51-39)35-20-21-49-36(27-35)15-12-32-10-11-32)29-56(53-43)37-16-13-33(14-17-37)28-54(3)22-24-63-26-25-62-23-6-8-34-7-5-9-40-44(34)55(4)48(61)57(40)41-18-19-42(58)52-46(41)60/h5,7,9,20-21,27,29-33,37,41H,6,8,10-19,22-26,28H2,1-4H3,(H,50,59)(H,52,58,60). The van der Waals surface area contributed by atoms with E-state index >= 15 is 0 Å². The van der Waals surface area contributed by atoms with Crippen LogP contribution in [0.5, 0.6) is 0 Å². The summed E-state index contributed by atoms with van der Waals surface area (Å²) in [6, 6.07) is 9.23. The van der Waals surface area contributed by atoms with E-state index in [0.29, 0.717) is 55.9 Å². The summed E-state index contributed by atoms with van der Waals surface area (Å²) in [5.74, 6) is 0.926. The normalized spacial score (nSPS) is 19.2. The summed E-state index contributed by atoms with van der Waals surface area (Å²) in [4.78, 5) is 62.3. The number of amides is 3. The van der Waals surface area contributed by atoms with Crippen LogP contribution < -0.4 is 16.3 Å². The number of nitrogens with zero attached hydrogens (tertiary/aromatic N) is 7. The van der Waals surface area contributed by atoms with Gasteiger partial charge in [0.05, 0.1) is 48.3 Å². The highest BCUT2D eigenvalue weighted by Crippen LogP contribution is 2.36. The molecule has 1 atom stereocenters. The van der Waals surface area contributed by atoms with E-state index in [2.05, 4.69) is 51.1 Å². The number of benzene rings is 1. The Balaban J connectivity index is 0.720. The van der Waals surface area contributed by atoms with Crippen molar-refractivity contribution in [2.45, 2.75) is 109 Å². The van der Waals surface area contributed by atoms with Gasteiger partial charge in [0, 0.05) is 56.8 Å². The van der Waals surface area contributed by atoms with Gasteiger partial charge in [-0.15, -0.1) is 0 Å². The van der Waals surface area contributed by atoms with E-state index in [0.717, 1.165) is 98.4 Å². The van der Waals surface area contributed by atoms with Gasteiger partial charge in [-0.05, 0) is 106 Å². The van der Waals surface area contributed by atoms with Crippen molar-refractivity contribution in [1.29, 1.82) is 0 Å². The number of imide groups is 1. The first-order chi connectivity index (χ1) is 31.0. The fourth-order valence-corrected chi connectivity index (χ4v) is 9.30. The lowest BCUT2D eigenvalue weighted by Gasteiger charge is -2.31. The fraction of sp³-hybridized carbons (Fsp3) is 0.562. The molecule has 0 bridgehead atoms. The lowest BCUT2D eigenvalue weighted by molar-refractivity contribution is -0.135. The zero-order valence-corrected chi connectivity index (χ0v) is 37.7. The molecule has 2 saturated carbocycles. The fourth-order valence-electron chi connectivity index (χ4n) is 9.30. The number of para-hydroxylation sites is 1. The number of carbonyl (C=O) groups is 3. The Bertz CT molecular complexity index is 2470. The molecule has 1 saturated heterocycles. The van der Waals surface area contributed by atoms with E-state index in [9.17, 15) is 19.2 Å². The molecule has 4 aromatic heterocycles. The summed E-state index contributed by atoms with van der Waals surface area (Å²) in [5, 5.41) is 10.4. The Morgan fingerprint density at radius 3 is 2.53 bits per heavy atom. The molecule has 16 nitrogen and oxygen atoms in total. The molecule has 342 valence electrons. The minimum absolute atomic E-state index is 0.134. The summed E-state index contributed by atoms with van der Waals surface area (Å²) >= 11 is 0. The summed E-state index contributed by atoms with van der Waals surface area (Å²) in [6.07, 6.45) is 16.2. The predicted octanol–water partition coefficient (Wildman–Crippen LogP) is 6.61. The van der Waals surface area contributed by atoms with Crippen molar-refractivity contribution in [3.8, 4) is 11.5 Å². The van der Waals surface area contributed by atoms with E-state index in [1.807, 2.05) is 36.5 Å². The Morgan fingerprint density at radius 1 is 0.984 bits per heavy atom. The van der Waals surface area contributed by atoms with E-state index in [1.165, 1.54) is 23.7 Å². The van der Waals surface area contributed by atoms with Crippen molar-refractivity contribution >= 4 is 34.4 Å². The van der Waals surface area contributed by atoms with Crippen LogP contribution in [0.2, 0.25) is 0 Å². The molecule has 2 aliphatic carbocycles. The van der Waals surface area contributed by atoms with Crippen molar-refractivity contribution in [1.82, 2.24) is 39.1 Å². The van der Waals surface area contributed by atoms with Crippen LogP contribution in [0.4, 0.5) is 5.69 Å². The summed E-state index contributed by atoms with van der Waals surface area (Å²) in [7, 11) is 3.88. The van der Waals surface area contributed by atoms with Crippen LogP contribution in [0.1, 0.15) is 123 Å². The van der Waals surface area contributed by atoms with Gasteiger partial charge < -0.3 is 24.1 Å². The summed E-state index contributed by atoms with van der Waals surface area (Å²) in [6.45, 7) is 8.27. The second kappa shape index (κ2) is 20.6. The van der Waals surface area contributed by atoms with E-state index in [4.69, 9.17) is 19.0 Å². The number of nitrogens with one attached hydrogen (secondary N) is 2. The van der Waals surface area contributed by atoms with E-state index < -0.39 is 11.9 Å². The van der Waals surface area contributed by atoms with Gasteiger partial charge in [-0.1, -0.05) is 38.8 Å². The topological polar surface area (TPSA) is 181 Å². The largest absolute Gasteiger partial charge is 0.444 e. The maximum atomic E-state index is 13.4. The van der Waals surface area contributed by atoms with Crippen LogP contribution in [0.15, 0.2) is 58.2 Å². The number of ether oxygens (including phenoxy) is 2. The average Bonchev–Trinajstić information content (AvgIpc) is 3.69. The average molecular weight is 878 g/mol. The number of hydrogen-bond acceptors (Lipinski definition) is 11. The zero-order valence-electron chi connectivity index (χ0n) is 37.7. The lowest BCUT2D eigenvalue weighted by Crippen LogP contribution is -2.44. The van der Waals surface area contributed by atoms with Crippen molar-refractivity contribution in [3.63, 3.8) is 0 Å². The van der Waals surface area contributed by atoms with Crippen LogP contribution in [-0.4, -0.2) is 98.1 Å². The number of rotatable bonds is 21. The van der Waals surface area contributed by atoms with Gasteiger partial charge in [0.25, 0.3) is 5.91 Å². The molecule has 8 rings (SSSR count). The highest BCUT2D eigenvalue weighted by atomic mass is 16.5. The first-order valence-corrected chi connectivity index (χ1v) is 23.2. The van der Waals surface area contributed by atoms with Crippen LogP contribution in [0.25, 0.3) is 22.5 Å². The number of carbonyl (C=O) groups excluding carboxylic acids is 3.